The van der Waals surface area contributed by atoms with Crippen molar-refractivity contribution in [2.45, 2.75) is 16.6 Å². The van der Waals surface area contributed by atoms with Crippen LogP contribution >= 0.6 is 34.9 Å². The number of nitrogens with zero attached hydrogens (tertiary/aromatic N) is 7. The Kier molecular flexibility index (Phi) is 7.53. The summed E-state index contributed by atoms with van der Waals surface area (Å²) in [6, 6.07) is 12.4. The molecule has 0 radical (unpaired) electrons. The highest BCUT2D eigenvalue weighted by molar-refractivity contribution is 8.01. The second kappa shape index (κ2) is 11.4. The smallest absolute Gasteiger partial charge is 0.352 e. The number of nitrogen functional groups attached to an aromatic ring is 1. The van der Waals surface area contributed by atoms with Crippen molar-refractivity contribution >= 4 is 69.1 Å². The van der Waals surface area contributed by atoms with E-state index in [0.717, 1.165) is 22.6 Å². The number of carboxylic acids is 1. The van der Waals surface area contributed by atoms with Gasteiger partial charge in [0.05, 0.1) is 5.69 Å². The summed E-state index contributed by atoms with van der Waals surface area (Å²) in [7, 11) is 1.28. The predicted octanol–water partition coefficient (Wildman–Crippen LogP) is 1.71. The quantitative estimate of drug-likeness (QED) is 0.106. The number of benzene rings is 1. The number of amides is 2. The Morgan fingerprint density at radius 2 is 2.05 bits per heavy atom. The molecule has 4 N–H and O–H groups in total. The Balaban J connectivity index is 1.19. The van der Waals surface area contributed by atoms with Gasteiger partial charge in [0.25, 0.3) is 11.8 Å². The second-order valence-electron chi connectivity index (χ2n) is 8.94. The molecular weight excluding hydrogens is 603 g/mol. The number of anilines is 1. The summed E-state index contributed by atoms with van der Waals surface area (Å²) in [4.78, 5) is 48.5. The van der Waals surface area contributed by atoms with E-state index in [4.69, 9.17) is 10.6 Å². The molecule has 14 nitrogen and oxygen atoms in total. The third-order valence-electron chi connectivity index (χ3n) is 6.38. The number of nitrogens with one attached hydrogen (secondary N) is 1. The molecule has 17 heteroatoms. The van der Waals surface area contributed by atoms with Crippen LogP contribution in [0.2, 0.25) is 0 Å². The van der Waals surface area contributed by atoms with Crippen LogP contribution in [0.15, 0.2) is 69.4 Å². The zero-order valence-corrected chi connectivity index (χ0v) is 24.2. The van der Waals surface area contributed by atoms with Gasteiger partial charge in [-0.3, -0.25) is 14.5 Å². The van der Waals surface area contributed by atoms with Crippen molar-refractivity contribution < 1.29 is 24.3 Å². The van der Waals surface area contributed by atoms with E-state index < -0.39 is 29.2 Å². The number of rotatable bonds is 9. The van der Waals surface area contributed by atoms with Crippen LogP contribution in [0.25, 0.3) is 16.9 Å². The van der Waals surface area contributed by atoms with Crippen LogP contribution in [0, 0.1) is 0 Å². The number of aliphatic carboxylic acids is 1. The van der Waals surface area contributed by atoms with Crippen molar-refractivity contribution in [3.8, 4) is 11.3 Å². The number of β-lactam (4-membered cyclic amide) rings is 1. The van der Waals surface area contributed by atoms with Gasteiger partial charge in [-0.2, -0.15) is 9.61 Å². The molecule has 1 aromatic carbocycles. The van der Waals surface area contributed by atoms with Gasteiger partial charge in [0, 0.05) is 22.4 Å². The second-order valence-corrected chi connectivity index (χ2v) is 11.9. The van der Waals surface area contributed by atoms with Gasteiger partial charge in [-0.05, 0) is 17.7 Å². The van der Waals surface area contributed by atoms with Crippen LogP contribution in [0.3, 0.4) is 0 Å². The molecule has 1 saturated heterocycles. The minimum absolute atomic E-state index is 0.105. The molecule has 214 valence electrons. The largest absolute Gasteiger partial charge is 0.477 e. The van der Waals surface area contributed by atoms with Gasteiger partial charge in [-0.25, -0.2) is 9.78 Å². The molecule has 6 rings (SSSR count). The zero-order chi connectivity index (χ0) is 29.4. The maximum absolute atomic E-state index is 13.1. The molecule has 2 amide bonds. The highest BCUT2D eigenvalue weighted by Gasteiger charge is 2.54. The molecule has 2 atom stereocenters. The number of nitrogens with two attached hydrogens (primary N) is 1. The number of aromatic nitrogens is 5. The summed E-state index contributed by atoms with van der Waals surface area (Å²) in [5.74, 6) is -1.89. The summed E-state index contributed by atoms with van der Waals surface area (Å²) in [6.07, 6.45) is 0. The maximum Gasteiger partial charge on any atom is 0.352 e. The van der Waals surface area contributed by atoms with Crippen molar-refractivity contribution in [2.24, 2.45) is 5.16 Å². The summed E-state index contributed by atoms with van der Waals surface area (Å²) in [5, 5.41) is 31.2. The van der Waals surface area contributed by atoms with Gasteiger partial charge < -0.3 is 21.0 Å². The molecule has 4 aromatic rings. The minimum Gasteiger partial charge on any atom is -0.477 e. The average Bonchev–Trinajstić information content (AvgIpc) is 3.62. The summed E-state index contributed by atoms with van der Waals surface area (Å²) in [6.45, 7) is 0. The van der Waals surface area contributed by atoms with Crippen LogP contribution < -0.4 is 11.1 Å². The fourth-order valence-corrected chi connectivity index (χ4v) is 7.39. The molecule has 0 saturated carbocycles. The lowest BCUT2D eigenvalue weighted by Gasteiger charge is -2.49. The molecular formula is C25H21N9O5S3. The van der Waals surface area contributed by atoms with Crippen molar-refractivity contribution in [3.63, 3.8) is 0 Å². The third-order valence-corrected chi connectivity index (χ3v) is 9.40. The van der Waals surface area contributed by atoms with Gasteiger partial charge >= 0.3 is 5.97 Å². The van der Waals surface area contributed by atoms with E-state index in [1.54, 1.807) is 9.90 Å². The number of thioether (sulfide) groups is 2. The number of carboxylic acid groups (broad SMARTS) is 1. The molecule has 0 unspecified atom stereocenters. The molecule has 2 aliphatic rings. The molecule has 5 heterocycles. The van der Waals surface area contributed by atoms with E-state index in [9.17, 15) is 19.5 Å². The van der Waals surface area contributed by atoms with Gasteiger partial charge in [0.1, 0.15) is 29.9 Å². The molecule has 0 aliphatic carbocycles. The Morgan fingerprint density at radius 3 is 2.76 bits per heavy atom. The van der Waals surface area contributed by atoms with E-state index in [2.05, 4.69) is 30.8 Å². The first-order valence-electron chi connectivity index (χ1n) is 12.3. The maximum atomic E-state index is 13.1. The first-order valence-corrected chi connectivity index (χ1v) is 15.2. The Hall–Kier alpha value is -4.48. The summed E-state index contributed by atoms with van der Waals surface area (Å²) in [5.41, 5.74) is 8.39. The molecule has 0 bridgehead atoms. The normalized spacial score (nSPS) is 18.5. The van der Waals surface area contributed by atoms with E-state index >= 15 is 0 Å². The summed E-state index contributed by atoms with van der Waals surface area (Å²) >= 11 is 3.75. The number of hydrogen-bond donors (Lipinski definition) is 3. The topological polar surface area (TPSA) is 190 Å². The van der Waals surface area contributed by atoms with Crippen molar-refractivity contribution in [2.75, 3.05) is 24.3 Å². The molecule has 2 aliphatic heterocycles. The molecule has 42 heavy (non-hydrogen) atoms. The first-order chi connectivity index (χ1) is 20.4. The van der Waals surface area contributed by atoms with Crippen molar-refractivity contribution in [3.05, 3.63) is 64.8 Å². The Labute approximate surface area is 250 Å². The standard InChI is InChI=1S/C25H21N9O5S3/c1-39-32-17(15-11-41-24(26)27-15)20(35)28-18-21(36)33-19(23(37)38)13(9-40-22(18)33)10-42-25-30-29-16-8-7-14(31-34(16)25)12-5-3-2-4-6-12/h2-8,11,18,22H,9-10H2,1H3,(H2,26,27)(H,28,35)(H,37,38)/b32-17-/t18-,22-/m1/s1. The number of oxime groups is 1. The van der Waals surface area contributed by atoms with E-state index in [-0.39, 0.29) is 28.0 Å². The Bertz CT molecular complexity index is 1770. The SMILES string of the molecule is CO/N=C(\C(=O)N[C@@H]1C(=O)N2C(C(=O)O)=C(CSc3nnc4ccc(-c5ccccc5)nn34)CS[C@H]12)c1csc(N)n1. The lowest BCUT2D eigenvalue weighted by atomic mass is 10.0. The lowest BCUT2D eigenvalue weighted by Crippen LogP contribution is -2.71. The number of hydrogen-bond acceptors (Lipinski definition) is 13. The van der Waals surface area contributed by atoms with Crippen LogP contribution in [0.1, 0.15) is 5.69 Å². The first kappa shape index (κ1) is 27.7. The van der Waals surface area contributed by atoms with Crippen molar-refractivity contribution in [1.29, 1.82) is 0 Å². The number of carbonyl (C=O) groups excluding carboxylic acids is 2. The van der Waals surface area contributed by atoms with Crippen LogP contribution in [0.5, 0.6) is 0 Å². The number of fused-ring (bicyclic) bond motifs is 2. The van der Waals surface area contributed by atoms with E-state index in [1.807, 2.05) is 42.5 Å². The number of carbonyl (C=O) groups is 3. The molecule has 0 spiro atoms. The van der Waals surface area contributed by atoms with Gasteiger partial charge in [0.2, 0.25) is 5.16 Å². The lowest BCUT2D eigenvalue weighted by molar-refractivity contribution is -0.150. The molecule has 3 aromatic heterocycles. The Morgan fingerprint density at radius 1 is 1.24 bits per heavy atom. The van der Waals surface area contributed by atoms with Gasteiger partial charge in [-0.15, -0.1) is 33.3 Å². The molecule has 1 fully saturated rings. The fraction of sp³-hybridized carbons (Fsp3) is 0.200. The van der Waals surface area contributed by atoms with Crippen LogP contribution in [-0.2, 0) is 19.2 Å². The third kappa shape index (κ3) is 5.05. The predicted molar refractivity (Wildman–Crippen MR) is 157 cm³/mol. The highest BCUT2D eigenvalue weighted by Crippen LogP contribution is 2.41. The van der Waals surface area contributed by atoms with Crippen LogP contribution in [0.4, 0.5) is 5.13 Å². The van der Waals surface area contributed by atoms with Gasteiger partial charge in [0.15, 0.2) is 16.5 Å². The van der Waals surface area contributed by atoms with E-state index in [0.29, 0.717) is 22.1 Å². The van der Waals surface area contributed by atoms with E-state index in [1.165, 1.54) is 35.5 Å². The highest BCUT2D eigenvalue weighted by atomic mass is 32.2. The van der Waals surface area contributed by atoms with Crippen molar-refractivity contribution in [1.82, 2.24) is 35.0 Å². The fourth-order valence-electron chi connectivity index (χ4n) is 4.47. The summed E-state index contributed by atoms with van der Waals surface area (Å²) < 4.78 is 1.61. The zero-order valence-electron chi connectivity index (χ0n) is 21.7. The van der Waals surface area contributed by atoms with Crippen LogP contribution in [-0.4, -0.2) is 88.3 Å². The number of thiazole rings is 1. The van der Waals surface area contributed by atoms with Gasteiger partial charge in [-0.1, -0.05) is 47.2 Å². The monoisotopic (exact) mass is 623 g/mol. The average molecular weight is 624 g/mol. The minimum atomic E-state index is -1.23.